The van der Waals surface area contributed by atoms with Crippen molar-refractivity contribution in [3.8, 4) is 0 Å². The maximum Gasteiger partial charge on any atom is 0.270 e. The molecule has 0 aliphatic carbocycles. The lowest BCUT2D eigenvalue weighted by Gasteiger charge is -1.99. The van der Waals surface area contributed by atoms with Crippen molar-refractivity contribution in [1.82, 2.24) is 0 Å². The summed E-state index contributed by atoms with van der Waals surface area (Å²) in [7, 11) is 0. The summed E-state index contributed by atoms with van der Waals surface area (Å²) < 4.78 is 0. The molecule has 0 aromatic heterocycles. The summed E-state index contributed by atoms with van der Waals surface area (Å²) >= 11 is 0. The Morgan fingerprint density at radius 3 is 2.79 bits per heavy atom. The smallest absolute Gasteiger partial charge is 0.270 e. The second-order valence-electron chi connectivity index (χ2n) is 2.57. The van der Waals surface area contributed by atoms with Gasteiger partial charge in [-0.2, -0.15) is 0 Å². The van der Waals surface area contributed by atoms with Crippen molar-refractivity contribution < 1.29 is 4.92 Å². The van der Waals surface area contributed by atoms with Crippen LogP contribution in [0.3, 0.4) is 0 Å². The average molecular weight is 191 g/mol. The number of nitrogens with zero attached hydrogens (tertiary/aromatic N) is 1. The normalized spacial score (nSPS) is 11.0. The highest BCUT2D eigenvalue weighted by molar-refractivity contribution is 6.08. The number of nitro benzene ring substituents is 1. The van der Waals surface area contributed by atoms with Gasteiger partial charge in [-0.25, -0.2) is 0 Å². The van der Waals surface area contributed by atoms with Crippen LogP contribution in [-0.2, 0) is 0 Å². The van der Waals surface area contributed by atoms with Crippen LogP contribution in [0, 0.1) is 15.5 Å². The zero-order valence-electron chi connectivity index (χ0n) is 7.31. The minimum atomic E-state index is -0.485. The molecule has 5 nitrogen and oxygen atoms in total. The van der Waals surface area contributed by atoms with Crippen LogP contribution in [0.25, 0.3) is 5.57 Å². The summed E-state index contributed by atoms with van der Waals surface area (Å²) in [6, 6.07) is 5.99. The van der Waals surface area contributed by atoms with Gasteiger partial charge in [0.15, 0.2) is 0 Å². The lowest BCUT2D eigenvalue weighted by Crippen LogP contribution is -1.93. The van der Waals surface area contributed by atoms with Crippen LogP contribution in [0.15, 0.2) is 30.5 Å². The van der Waals surface area contributed by atoms with Crippen molar-refractivity contribution in [2.24, 2.45) is 5.73 Å². The topological polar surface area (TPSA) is 93.0 Å². The van der Waals surface area contributed by atoms with Gasteiger partial charge in [0.05, 0.1) is 4.92 Å². The molecular formula is C9H9N3O2. The van der Waals surface area contributed by atoms with Crippen LogP contribution in [0.2, 0.25) is 0 Å². The van der Waals surface area contributed by atoms with E-state index in [-0.39, 0.29) is 5.69 Å². The number of allylic oxidation sites excluding steroid dienone is 1. The molecule has 1 aromatic carbocycles. The maximum atomic E-state index is 10.5. The van der Waals surface area contributed by atoms with Gasteiger partial charge in [0.1, 0.15) is 0 Å². The molecule has 0 amide bonds. The average Bonchev–Trinajstić information content (AvgIpc) is 2.20. The van der Waals surface area contributed by atoms with Gasteiger partial charge < -0.3 is 11.1 Å². The first-order valence-electron chi connectivity index (χ1n) is 3.86. The number of benzene rings is 1. The van der Waals surface area contributed by atoms with Crippen LogP contribution >= 0.6 is 0 Å². The number of nitrogens with two attached hydrogens (primary N) is 1. The fraction of sp³-hybridized carbons (Fsp3) is 0. The summed E-state index contributed by atoms with van der Waals surface area (Å²) in [4.78, 5) is 9.97. The second kappa shape index (κ2) is 4.18. The summed E-state index contributed by atoms with van der Waals surface area (Å²) in [6.07, 6.45) is 2.30. The molecule has 3 N–H and O–H groups in total. The molecule has 0 fully saturated rings. The van der Waals surface area contributed by atoms with E-state index >= 15 is 0 Å². The summed E-state index contributed by atoms with van der Waals surface area (Å²) in [6.45, 7) is 0. The van der Waals surface area contributed by atoms with Gasteiger partial charge in [-0.1, -0.05) is 12.1 Å². The Bertz CT molecular complexity index is 399. The minimum Gasteiger partial charge on any atom is -0.404 e. The molecule has 0 saturated heterocycles. The monoisotopic (exact) mass is 191 g/mol. The second-order valence-corrected chi connectivity index (χ2v) is 2.57. The van der Waals surface area contributed by atoms with Crippen molar-refractivity contribution in [3.63, 3.8) is 0 Å². The van der Waals surface area contributed by atoms with Gasteiger partial charge in [0, 0.05) is 30.1 Å². The number of hydrogen-bond acceptors (Lipinski definition) is 4. The first kappa shape index (κ1) is 9.91. The molecule has 0 unspecified atom stereocenters. The Balaban J connectivity index is 3.17. The number of rotatable bonds is 3. The van der Waals surface area contributed by atoms with Gasteiger partial charge in [-0.3, -0.25) is 10.1 Å². The Morgan fingerprint density at radius 1 is 1.57 bits per heavy atom. The van der Waals surface area contributed by atoms with Gasteiger partial charge in [-0.05, 0) is 5.56 Å². The molecule has 1 rings (SSSR count). The molecule has 14 heavy (non-hydrogen) atoms. The molecule has 1 aromatic rings. The van der Waals surface area contributed by atoms with Crippen LogP contribution < -0.4 is 5.73 Å². The van der Waals surface area contributed by atoms with Crippen molar-refractivity contribution in [1.29, 1.82) is 5.41 Å². The van der Waals surface area contributed by atoms with Crippen LogP contribution in [-0.4, -0.2) is 11.1 Å². The van der Waals surface area contributed by atoms with Gasteiger partial charge >= 0.3 is 0 Å². The predicted molar refractivity (Wildman–Crippen MR) is 54.0 cm³/mol. The zero-order chi connectivity index (χ0) is 10.6. The molecule has 0 atom stereocenters. The molecule has 72 valence electrons. The van der Waals surface area contributed by atoms with E-state index in [1.54, 1.807) is 12.1 Å². The molecule has 0 bridgehead atoms. The highest BCUT2D eigenvalue weighted by atomic mass is 16.6. The molecule has 0 aliphatic heterocycles. The molecule has 0 aliphatic rings. The summed E-state index contributed by atoms with van der Waals surface area (Å²) in [5, 5.41) is 17.5. The van der Waals surface area contributed by atoms with Gasteiger partial charge in [0.25, 0.3) is 5.69 Å². The third-order valence-corrected chi connectivity index (χ3v) is 1.73. The highest BCUT2D eigenvalue weighted by Gasteiger charge is 2.06. The number of nitro groups is 1. The molecule has 0 spiro atoms. The lowest BCUT2D eigenvalue weighted by atomic mass is 10.1. The predicted octanol–water partition coefficient (Wildman–Crippen LogP) is 1.54. The Kier molecular flexibility index (Phi) is 2.96. The molecule has 0 saturated carbocycles. The summed E-state index contributed by atoms with van der Waals surface area (Å²) in [5.41, 5.74) is 6.27. The lowest BCUT2D eigenvalue weighted by molar-refractivity contribution is -0.384. The largest absolute Gasteiger partial charge is 0.404 e. The minimum absolute atomic E-state index is 0.0105. The van der Waals surface area contributed by atoms with Crippen molar-refractivity contribution in [3.05, 3.63) is 46.1 Å². The van der Waals surface area contributed by atoms with E-state index in [0.717, 1.165) is 6.21 Å². The summed E-state index contributed by atoms with van der Waals surface area (Å²) in [5.74, 6) is 0. The van der Waals surface area contributed by atoms with E-state index in [4.69, 9.17) is 11.1 Å². The number of nitrogens with one attached hydrogen (secondary N) is 1. The van der Waals surface area contributed by atoms with E-state index in [2.05, 4.69) is 0 Å². The Labute approximate surface area is 80.5 Å². The SMILES string of the molecule is N=C/C(=C\N)c1cccc([N+](=O)[O-])c1. The molecule has 0 heterocycles. The van der Waals surface area contributed by atoms with Crippen LogP contribution in [0.1, 0.15) is 5.56 Å². The van der Waals surface area contributed by atoms with Crippen molar-refractivity contribution in [2.45, 2.75) is 0 Å². The zero-order valence-corrected chi connectivity index (χ0v) is 7.31. The van der Waals surface area contributed by atoms with Gasteiger partial charge in [0.2, 0.25) is 0 Å². The number of hydrogen-bond donors (Lipinski definition) is 2. The standard InChI is InChI=1S/C9H9N3O2/c10-5-8(6-11)7-2-1-3-9(4-7)12(13)14/h1-6,10H,11H2/b8-6+,10-5?. The van der Waals surface area contributed by atoms with E-state index in [9.17, 15) is 10.1 Å². The third kappa shape index (κ3) is 1.95. The Morgan fingerprint density at radius 2 is 2.29 bits per heavy atom. The first-order valence-corrected chi connectivity index (χ1v) is 3.86. The van der Waals surface area contributed by atoms with Crippen molar-refractivity contribution >= 4 is 17.5 Å². The van der Waals surface area contributed by atoms with E-state index in [1.807, 2.05) is 0 Å². The van der Waals surface area contributed by atoms with Crippen LogP contribution in [0.5, 0.6) is 0 Å². The van der Waals surface area contributed by atoms with Crippen LogP contribution in [0.4, 0.5) is 5.69 Å². The van der Waals surface area contributed by atoms with E-state index in [0.29, 0.717) is 11.1 Å². The highest BCUT2D eigenvalue weighted by Crippen LogP contribution is 2.17. The third-order valence-electron chi connectivity index (χ3n) is 1.73. The fourth-order valence-corrected chi connectivity index (χ4v) is 1.03. The molecule has 5 heteroatoms. The van der Waals surface area contributed by atoms with E-state index < -0.39 is 4.92 Å². The Hall–Kier alpha value is -2.17. The first-order chi connectivity index (χ1) is 6.69. The van der Waals surface area contributed by atoms with Gasteiger partial charge in [-0.15, -0.1) is 0 Å². The molecule has 0 radical (unpaired) electrons. The maximum absolute atomic E-state index is 10.5. The number of non-ortho nitro benzene ring substituents is 1. The molecular weight excluding hydrogens is 182 g/mol. The van der Waals surface area contributed by atoms with E-state index in [1.165, 1.54) is 18.3 Å². The van der Waals surface area contributed by atoms with Crippen molar-refractivity contribution in [2.75, 3.05) is 0 Å². The fourth-order valence-electron chi connectivity index (χ4n) is 1.03. The quantitative estimate of drug-likeness (QED) is 0.431.